The minimum atomic E-state index is -0.247. The Bertz CT molecular complexity index is 839. The average Bonchev–Trinajstić information content (AvgIpc) is 3.32. The van der Waals surface area contributed by atoms with Gasteiger partial charge in [-0.2, -0.15) is 5.10 Å². The number of aromatic amines is 1. The topological polar surface area (TPSA) is 70.8 Å². The first kappa shape index (κ1) is 14.7. The summed E-state index contributed by atoms with van der Waals surface area (Å²) < 4.78 is 13.2. The van der Waals surface area contributed by atoms with E-state index in [-0.39, 0.29) is 5.82 Å². The molecule has 4 rings (SSSR count). The van der Waals surface area contributed by atoms with Crippen LogP contribution in [0.5, 0.6) is 0 Å². The molecule has 1 aliphatic rings. The van der Waals surface area contributed by atoms with Crippen LogP contribution in [0.2, 0.25) is 0 Å². The predicted molar refractivity (Wildman–Crippen MR) is 91.5 cm³/mol. The summed E-state index contributed by atoms with van der Waals surface area (Å²) in [5.74, 6) is 2.30. The van der Waals surface area contributed by atoms with E-state index in [2.05, 4.69) is 21.2 Å². The molecule has 122 valence electrons. The average molecular weight is 323 g/mol. The summed E-state index contributed by atoms with van der Waals surface area (Å²) in [4.78, 5) is 6.39. The van der Waals surface area contributed by atoms with Crippen LogP contribution in [-0.2, 0) is 6.54 Å². The van der Waals surface area contributed by atoms with Crippen molar-refractivity contribution in [1.29, 1.82) is 0 Å². The number of halogens is 1. The Balaban J connectivity index is 1.68. The van der Waals surface area contributed by atoms with Gasteiger partial charge in [0.05, 0.1) is 6.54 Å². The number of pyridine rings is 1. The molecule has 6 heteroatoms. The minimum Gasteiger partial charge on any atom is -0.384 e. The predicted octanol–water partition coefficient (Wildman–Crippen LogP) is 3.74. The van der Waals surface area contributed by atoms with Crippen molar-refractivity contribution in [3.8, 4) is 0 Å². The zero-order valence-electron chi connectivity index (χ0n) is 13.1. The second-order valence-corrected chi connectivity index (χ2v) is 6.09. The molecule has 1 saturated carbocycles. The third-order valence-electron chi connectivity index (χ3n) is 4.16. The number of anilines is 3. The molecule has 24 heavy (non-hydrogen) atoms. The van der Waals surface area contributed by atoms with E-state index in [0.717, 1.165) is 17.1 Å². The summed E-state index contributed by atoms with van der Waals surface area (Å²) in [6, 6.07) is 14.0. The number of benzene rings is 1. The van der Waals surface area contributed by atoms with Crippen molar-refractivity contribution in [3.63, 3.8) is 0 Å². The third-order valence-corrected chi connectivity index (χ3v) is 4.16. The number of rotatable bonds is 5. The Labute approximate surface area is 139 Å². The molecule has 1 fully saturated rings. The van der Waals surface area contributed by atoms with Gasteiger partial charge in [-0.3, -0.25) is 5.10 Å². The quantitative estimate of drug-likeness (QED) is 0.750. The summed E-state index contributed by atoms with van der Waals surface area (Å²) in [7, 11) is 0. The summed E-state index contributed by atoms with van der Waals surface area (Å²) in [6.07, 6.45) is 2.41. The fraction of sp³-hybridized carbons (Fsp3) is 0.222. The van der Waals surface area contributed by atoms with Gasteiger partial charge in [-0.1, -0.05) is 18.2 Å². The highest BCUT2D eigenvalue weighted by Crippen LogP contribution is 2.40. The van der Waals surface area contributed by atoms with Gasteiger partial charge < -0.3 is 10.6 Å². The zero-order chi connectivity index (χ0) is 16.5. The van der Waals surface area contributed by atoms with Crippen LogP contribution in [0.15, 0.2) is 48.5 Å². The maximum Gasteiger partial charge on any atom is 0.156 e. The molecule has 5 nitrogen and oxygen atoms in total. The van der Waals surface area contributed by atoms with E-state index in [1.54, 1.807) is 18.2 Å². The second kappa shape index (κ2) is 5.96. The van der Waals surface area contributed by atoms with Gasteiger partial charge in [-0.05, 0) is 42.7 Å². The first-order chi connectivity index (χ1) is 11.7. The number of H-pyrrole nitrogens is 1. The largest absolute Gasteiger partial charge is 0.384 e. The van der Waals surface area contributed by atoms with Crippen LogP contribution in [0, 0.1) is 5.82 Å². The number of nitrogens with zero attached hydrogens (tertiary/aromatic N) is 3. The maximum absolute atomic E-state index is 13.2. The first-order valence-corrected chi connectivity index (χ1v) is 7.99. The number of nitrogens with one attached hydrogen (secondary N) is 1. The lowest BCUT2D eigenvalue weighted by molar-refractivity contribution is 0.627. The molecular formula is C18H18FN5. The van der Waals surface area contributed by atoms with Crippen LogP contribution < -0.4 is 10.6 Å². The van der Waals surface area contributed by atoms with E-state index in [1.807, 2.05) is 17.0 Å². The Morgan fingerprint density at radius 1 is 1.12 bits per heavy atom. The van der Waals surface area contributed by atoms with Crippen LogP contribution in [0.4, 0.5) is 21.8 Å². The van der Waals surface area contributed by atoms with Crippen LogP contribution in [0.25, 0.3) is 0 Å². The molecule has 0 saturated heterocycles. The Kier molecular flexibility index (Phi) is 3.65. The molecule has 3 aromatic rings. The van der Waals surface area contributed by atoms with Crippen molar-refractivity contribution in [2.75, 3.05) is 10.6 Å². The monoisotopic (exact) mass is 323 g/mol. The van der Waals surface area contributed by atoms with E-state index >= 15 is 0 Å². The SMILES string of the molecule is Nc1cccc(N(Cc2ccc(F)cc2)c2cc(C3CC3)[nH]n2)n1. The first-order valence-electron chi connectivity index (χ1n) is 7.99. The Morgan fingerprint density at radius 2 is 1.92 bits per heavy atom. The number of hydrogen-bond acceptors (Lipinski definition) is 4. The third kappa shape index (κ3) is 3.08. The second-order valence-electron chi connectivity index (χ2n) is 6.09. The van der Waals surface area contributed by atoms with Crippen molar-refractivity contribution >= 4 is 17.5 Å². The van der Waals surface area contributed by atoms with Gasteiger partial charge in [-0.25, -0.2) is 9.37 Å². The van der Waals surface area contributed by atoms with Gasteiger partial charge >= 0.3 is 0 Å². The molecule has 0 aliphatic heterocycles. The molecule has 3 N–H and O–H groups in total. The van der Waals surface area contributed by atoms with E-state index in [9.17, 15) is 4.39 Å². The van der Waals surface area contributed by atoms with Crippen molar-refractivity contribution in [3.05, 3.63) is 65.6 Å². The number of hydrogen-bond donors (Lipinski definition) is 2. The molecule has 0 spiro atoms. The van der Waals surface area contributed by atoms with Crippen molar-refractivity contribution in [2.45, 2.75) is 25.3 Å². The highest BCUT2D eigenvalue weighted by atomic mass is 19.1. The summed E-state index contributed by atoms with van der Waals surface area (Å²) in [5, 5.41) is 7.56. The highest BCUT2D eigenvalue weighted by Gasteiger charge is 2.26. The lowest BCUT2D eigenvalue weighted by Gasteiger charge is -2.21. The Hall–Kier alpha value is -2.89. The number of nitrogen functional groups attached to an aromatic ring is 1. The lowest BCUT2D eigenvalue weighted by atomic mass is 10.2. The maximum atomic E-state index is 13.2. The van der Waals surface area contributed by atoms with E-state index in [0.29, 0.717) is 24.1 Å². The molecule has 0 amide bonds. The molecule has 2 aromatic heterocycles. The molecule has 0 radical (unpaired) electrons. The van der Waals surface area contributed by atoms with Crippen LogP contribution in [0.3, 0.4) is 0 Å². The van der Waals surface area contributed by atoms with Gasteiger partial charge in [0.2, 0.25) is 0 Å². The molecule has 1 aliphatic carbocycles. The summed E-state index contributed by atoms with van der Waals surface area (Å²) in [5.41, 5.74) is 7.96. The normalized spacial score (nSPS) is 13.9. The molecule has 0 unspecified atom stereocenters. The van der Waals surface area contributed by atoms with Gasteiger partial charge in [-0.15, -0.1) is 0 Å². The molecular weight excluding hydrogens is 305 g/mol. The van der Waals surface area contributed by atoms with Crippen LogP contribution in [0.1, 0.15) is 30.0 Å². The van der Waals surface area contributed by atoms with Crippen LogP contribution in [-0.4, -0.2) is 15.2 Å². The van der Waals surface area contributed by atoms with E-state index < -0.39 is 0 Å². The van der Waals surface area contributed by atoms with Crippen molar-refractivity contribution < 1.29 is 4.39 Å². The van der Waals surface area contributed by atoms with Gasteiger partial charge in [0, 0.05) is 17.7 Å². The summed E-state index contributed by atoms with van der Waals surface area (Å²) in [6.45, 7) is 0.533. The fourth-order valence-corrected chi connectivity index (χ4v) is 2.71. The number of nitrogens with two attached hydrogens (primary N) is 1. The van der Waals surface area contributed by atoms with Crippen molar-refractivity contribution in [1.82, 2.24) is 15.2 Å². The summed E-state index contributed by atoms with van der Waals surface area (Å²) >= 11 is 0. The van der Waals surface area contributed by atoms with Gasteiger partial charge in [0.1, 0.15) is 17.5 Å². The zero-order valence-corrected chi connectivity index (χ0v) is 13.1. The molecule has 2 heterocycles. The van der Waals surface area contributed by atoms with Gasteiger partial charge in [0.15, 0.2) is 5.82 Å². The molecule has 0 atom stereocenters. The Morgan fingerprint density at radius 3 is 2.62 bits per heavy atom. The minimum absolute atomic E-state index is 0.247. The number of aromatic nitrogens is 3. The van der Waals surface area contributed by atoms with E-state index in [1.165, 1.54) is 25.0 Å². The smallest absolute Gasteiger partial charge is 0.156 e. The fourth-order valence-electron chi connectivity index (χ4n) is 2.71. The molecule has 0 bridgehead atoms. The van der Waals surface area contributed by atoms with E-state index in [4.69, 9.17) is 5.73 Å². The van der Waals surface area contributed by atoms with Gasteiger partial charge in [0.25, 0.3) is 0 Å². The van der Waals surface area contributed by atoms with Crippen LogP contribution >= 0.6 is 0 Å². The molecule has 1 aromatic carbocycles. The highest BCUT2D eigenvalue weighted by molar-refractivity contribution is 5.58. The lowest BCUT2D eigenvalue weighted by Crippen LogP contribution is -2.18. The standard InChI is InChI=1S/C18H18FN5/c19-14-8-4-12(5-9-14)11-24(17-3-1-2-16(20)21-17)18-10-15(22-23-18)13-6-7-13/h1-5,8-10,13H,6-7,11H2,(H2,20,21)(H,22,23). The van der Waals surface area contributed by atoms with Crippen molar-refractivity contribution in [2.24, 2.45) is 0 Å².